The molecule has 2 aromatic rings. The highest BCUT2D eigenvalue weighted by molar-refractivity contribution is 6.39. The van der Waals surface area contributed by atoms with Crippen LogP contribution in [0.5, 0.6) is 0 Å². The van der Waals surface area contributed by atoms with Gasteiger partial charge < -0.3 is 9.88 Å². The summed E-state index contributed by atoms with van der Waals surface area (Å²) in [5.41, 5.74) is 1.50. The van der Waals surface area contributed by atoms with Crippen LogP contribution in [0.15, 0.2) is 24.7 Å². The molecule has 0 aliphatic carbocycles. The number of halogens is 3. The van der Waals surface area contributed by atoms with Crippen molar-refractivity contribution in [3.63, 3.8) is 0 Å². The largest absolute Gasteiger partial charge is 0.377 e. The minimum absolute atomic E-state index is 0.261. The van der Waals surface area contributed by atoms with Crippen LogP contribution in [0.1, 0.15) is 5.69 Å². The highest BCUT2D eigenvalue weighted by atomic mass is 35.5. The van der Waals surface area contributed by atoms with Gasteiger partial charge in [0.05, 0.1) is 34.3 Å². The third-order valence-corrected chi connectivity index (χ3v) is 2.97. The molecule has 1 N–H and O–H groups in total. The van der Waals surface area contributed by atoms with Gasteiger partial charge in [0, 0.05) is 13.2 Å². The smallest absolute Gasteiger partial charge is 0.126 e. The third kappa shape index (κ3) is 2.70. The van der Waals surface area contributed by atoms with Crippen LogP contribution in [0.25, 0.3) is 0 Å². The molecule has 0 amide bonds. The van der Waals surface area contributed by atoms with Crippen molar-refractivity contribution in [2.45, 2.75) is 6.54 Å². The lowest BCUT2D eigenvalue weighted by molar-refractivity contribution is 0.628. The molecule has 1 aromatic carbocycles. The normalized spacial score (nSPS) is 10.6. The molecule has 3 nitrogen and oxygen atoms in total. The average molecular weight is 274 g/mol. The van der Waals surface area contributed by atoms with Gasteiger partial charge in [0.15, 0.2) is 0 Å². The molecular formula is C11H10Cl2FN3. The summed E-state index contributed by atoms with van der Waals surface area (Å²) in [6.45, 7) is 0.515. The van der Waals surface area contributed by atoms with E-state index in [9.17, 15) is 4.39 Å². The fourth-order valence-electron chi connectivity index (χ4n) is 1.44. The first-order valence-electron chi connectivity index (χ1n) is 4.91. The fourth-order valence-corrected chi connectivity index (χ4v) is 2.04. The molecule has 0 saturated carbocycles. The number of benzene rings is 1. The highest BCUT2D eigenvalue weighted by Gasteiger charge is 2.08. The van der Waals surface area contributed by atoms with Gasteiger partial charge in [-0.05, 0) is 12.1 Å². The van der Waals surface area contributed by atoms with Crippen LogP contribution in [0.2, 0.25) is 10.0 Å². The van der Waals surface area contributed by atoms with Crippen molar-refractivity contribution in [3.8, 4) is 0 Å². The molecule has 0 spiro atoms. The second-order valence-electron chi connectivity index (χ2n) is 3.59. The van der Waals surface area contributed by atoms with Gasteiger partial charge in [-0.1, -0.05) is 23.2 Å². The molecule has 2 rings (SSSR count). The number of hydrogen-bond acceptors (Lipinski definition) is 2. The van der Waals surface area contributed by atoms with Crippen LogP contribution in [-0.4, -0.2) is 9.55 Å². The molecule has 1 heterocycles. The third-order valence-electron chi connectivity index (χ3n) is 2.37. The molecule has 0 radical (unpaired) electrons. The van der Waals surface area contributed by atoms with E-state index in [1.807, 2.05) is 11.6 Å². The van der Waals surface area contributed by atoms with Gasteiger partial charge >= 0.3 is 0 Å². The van der Waals surface area contributed by atoms with Gasteiger partial charge in [0.25, 0.3) is 0 Å². The monoisotopic (exact) mass is 273 g/mol. The maximum Gasteiger partial charge on any atom is 0.126 e. The summed E-state index contributed by atoms with van der Waals surface area (Å²) in [4.78, 5) is 3.99. The minimum atomic E-state index is -0.453. The Labute approximate surface area is 108 Å². The molecule has 0 aliphatic heterocycles. The van der Waals surface area contributed by atoms with E-state index in [4.69, 9.17) is 23.2 Å². The number of nitrogens with zero attached hydrogens (tertiary/aromatic N) is 2. The van der Waals surface area contributed by atoms with Crippen molar-refractivity contribution >= 4 is 28.9 Å². The SMILES string of the molecule is Cn1cncc1CNc1c(Cl)cc(F)cc1Cl. The molecule has 0 fully saturated rings. The predicted molar refractivity (Wildman–Crippen MR) is 67.0 cm³/mol. The Morgan fingerprint density at radius 3 is 2.53 bits per heavy atom. The number of nitrogens with one attached hydrogen (secondary N) is 1. The number of anilines is 1. The van der Waals surface area contributed by atoms with E-state index >= 15 is 0 Å². The Morgan fingerprint density at radius 1 is 1.35 bits per heavy atom. The lowest BCUT2D eigenvalue weighted by Crippen LogP contribution is -2.05. The van der Waals surface area contributed by atoms with E-state index in [1.54, 1.807) is 12.5 Å². The van der Waals surface area contributed by atoms with Crippen LogP contribution >= 0.6 is 23.2 Å². The zero-order valence-electron chi connectivity index (χ0n) is 9.04. The quantitative estimate of drug-likeness (QED) is 0.928. The Kier molecular flexibility index (Phi) is 3.54. The molecule has 90 valence electrons. The van der Waals surface area contributed by atoms with E-state index in [0.29, 0.717) is 12.2 Å². The Morgan fingerprint density at radius 2 is 2.00 bits per heavy atom. The highest BCUT2D eigenvalue weighted by Crippen LogP contribution is 2.31. The molecule has 17 heavy (non-hydrogen) atoms. The average Bonchev–Trinajstić information content (AvgIpc) is 2.62. The number of rotatable bonds is 3. The van der Waals surface area contributed by atoms with Crippen molar-refractivity contribution in [2.75, 3.05) is 5.32 Å². The molecule has 0 saturated heterocycles. The summed E-state index contributed by atoms with van der Waals surface area (Å²) in [5, 5.41) is 3.58. The molecular weight excluding hydrogens is 264 g/mol. The van der Waals surface area contributed by atoms with E-state index in [0.717, 1.165) is 5.69 Å². The van der Waals surface area contributed by atoms with Gasteiger partial charge in [0.1, 0.15) is 5.82 Å². The van der Waals surface area contributed by atoms with Crippen molar-refractivity contribution < 1.29 is 4.39 Å². The predicted octanol–water partition coefficient (Wildman–Crippen LogP) is 3.48. The first-order chi connectivity index (χ1) is 8.08. The standard InChI is InChI=1S/C11H10Cl2FN3/c1-17-6-15-4-8(17)5-16-11-9(12)2-7(14)3-10(11)13/h2-4,6,16H,5H2,1H3. The maximum atomic E-state index is 13.0. The summed E-state index contributed by atoms with van der Waals surface area (Å²) in [6, 6.07) is 2.44. The Hall–Kier alpha value is -1.26. The molecule has 0 bridgehead atoms. The fraction of sp³-hybridized carbons (Fsp3) is 0.182. The van der Waals surface area contributed by atoms with Gasteiger partial charge in [-0.3, -0.25) is 0 Å². The summed E-state index contributed by atoms with van der Waals surface area (Å²) in [6.07, 6.45) is 3.43. The van der Waals surface area contributed by atoms with Gasteiger partial charge in [-0.15, -0.1) is 0 Å². The van der Waals surface area contributed by atoms with E-state index in [1.165, 1.54) is 12.1 Å². The summed E-state index contributed by atoms with van der Waals surface area (Å²) >= 11 is 11.8. The van der Waals surface area contributed by atoms with Crippen LogP contribution in [0.4, 0.5) is 10.1 Å². The lowest BCUT2D eigenvalue weighted by Gasteiger charge is -2.10. The van der Waals surface area contributed by atoms with E-state index in [2.05, 4.69) is 10.3 Å². The second kappa shape index (κ2) is 4.94. The summed E-state index contributed by atoms with van der Waals surface area (Å²) in [7, 11) is 1.89. The summed E-state index contributed by atoms with van der Waals surface area (Å²) < 4.78 is 14.8. The van der Waals surface area contributed by atoms with E-state index in [-0.39, 0.29) is 10.0 Å². The molecule has 0 atom stereocenters. The first-order valence-corrected chi connectivity index (χ1v) is 5.67. The number of aromatic nitrogens is 2. The number of hydrogen-bond donors (Lipinski definition) is 1. The Balaban J connectivity index is 2.17. The molecule has 6 heteroatoms. The number of aryl methyl sites for hydroxylation is 1. The van der Waals surface area contributed by atoms with Crippen LogP contribution < -0.4 is 5.32 Å². The van der Waals surface area contributed by atoms with Crippen molar-refractivity contribution in [1.29, 1.82) is 0 Å². The van der Waals surface area contributed by atoms with Crippen LogP contribution in [0.3, 0.4) is 0 Å². The van der Waals surface area contributed by atoms with Crippen molar-refractivity contribution in [3.05, 3.63) is 46.2 Å². The molecule has 0 aliphatic rings. The number of imidazole rings is 1. The topological polar surface area (TPSA) is 29.9 Å². The summed E-state index contributed by atoms with van der Waals surface area (Å²) in [5.74, 6) is -0.453. The van der Waals surface area contributed by atoms with Crippen LogP contribution in [0, 0.1) is 5.82 Å². The maximum absolute atomic E-state index is 13.0. The zero-order valence-corrected chi connectivity index (χ0v) is 10.6. The first kappa shape index (κ1) is 12.2. The van der Waals surface area contributed by atoms with E-state index < -0.39 is 5.82 Å². The Bertz CT molecular complexity index is 516. The molecule has 1 aromatic heterocycles. The van der Waals surface area contributed by atoms with Crippen molar-refractivity contribution in [2.24, 2.45) is 7.05 Å². The van der Waals surface area contributed by atoms with Crippen molar-refractivity contribution in [1.82, 2.24) is 9.55 Å². The van der Waals surface area contributed by atoms with Gasteiger partial charge in [-0.2, -0.15) is 0 Å². The molecule has 0 unspecified atom stereocenters. The minimum Gasteiger partial charge on any atom is -0.377 e. The van der Waals surface area contributed by atoms with Gasteiger partial charge in [0.2, 0.25) is 0 Å². The zero-order chi connectivity index (χ0) is 12.4. The second-order valence-corrected chi connectivity index (χ2v) is 4.41. The van der Waals surface area contributed by atoms with Crippen LogP contribution in [-0.2, 0) is 13.6 Å². The lowest BCUT2D eigenvalue weighted by atomic mass is 10.3. The van der Waals surface area contributed by atoms with Gasteiger partial charge in [-0.25, -0.2) is 9.37 Å².